The van der Waals surface area contributed by atoms with Crippen molar-refractivity contribution < 1.29 is 53.8 Å². The lowest BCUT2D eigenvalue weighted by Crippen LogP contribution is -2.61. The second-order valence-corrected chi connectivity index (χ2v) is 9.69. The van der Waals surface area contributed by atoms with Crippen molar-refractivity contribution in [3.63, 3.8) is 0 Å². The maximum absolute atomic E-state index is 13.2. The molecule has 5 atom stereocenters. The van der Waals surface area contributed by atoms with Gasteiger partial charge in [-0.05, 0) is 45.4 Å². The van der Waals surface area contributed by atoms with Gasteiger partial charge >= 0.3 is 11.9 Å². The first-order chi connectivity index (χ1) is 16.5. The average Bonchev–Trinajstić information content (AvgIpc) is 2.76. The third kappa shape index (κ3) is 8.11. The first kappa shape index (κ1) is 29.4. The first-order valence-corrected chi connectivity index (χ1v) is 11.1. The van der Waals surface area contributed by atoms with Crippen molar-refractivity contribution in [2.75, 3.05) is 6.61 Å². The van der Waals surface area contributed by atoms with Gasteiger partial charge in [0.2, 0.25) is 6.29 Å². The number of aliphatic carboxylic acids is 1. The smallest absolute Gasteiger partial charge is 0.335 e. The third-order valence-electron chi connectivity index (χ3n) is 5.04. The van der Waals surface area contributed by atoms with Crippen LogP contribution in [0.25, 0.3) is 0 Å². The van der Waals surface area contributed by atoms with Gasteiger partial charge in [-0.2, -0.15) is 0 Å². The number of aliphatic hydroxyl groups is 3. The van der Waals surface area contributed by atoms with Crippen LogP contribution in [0.4, 0.5) is 0 Å². The number of benzene rings is 1. The van der Waals surface area contributed by atoms with Crippen LogP contribution in [0.2, 0.25) is 0 Å². The number of esters is 1. The largest absolute Gasteiger partial charge is 0.479 e. The van der Waals surface area contributed by atoms with E-state index in [1.54, 1.807) is 27.7 Å². The van der Waals surface area contributed by atoms with Crippen LogP contribution >= 0.6 is 0 Å². The van der Waals surface area contributed by atoms with Crippen molar-refractivity contribution in [1.82, 2.24) is 5.32 Å². The molecule has 1 saturated heterocycles. The van der Waals surface area contributed by atoms with Gasteiger partial charge in [-0.15, -0.1) is 0 Å². The van der Waals surface area contributed by atoms with Crippen LogP contribution in [0.1, 0.15) is 50.5 Å². The summed E-state index contributed by atoms with van der Waals surface area (Å²) in [5.74, 6) is -2.89. The molecule has 7 N–H and O–H groups in total. The second-order valence-electron chi connectivity index (χ2n) is 9.69. The summed E-state index contributed by atoms with van der Waals surface area (Å²) in [7, 11) is 0. The van der Waals surface area contributed by atoms with Gasteiger partial charge in [-0.1, -0.05) is 6.07 Å². The van der Waals surface area contributed by atoms with E-state index in [1.807, 2.05) is 0 Å². The highest BCUT2D eigenvalue weighted by Gasteiger charge is 2.48. The molecule has 1 fully saturated rings. The Morgan fingerprint density at radius 1 is 1.08 bits per heavy atom. The Hall–Kier alpha value is -2.81. The molecule has 1 aliphatic rings. The molecule has 1 aromatic carbocycles. The Morgan fingerprint density at radius 3 is 2.28 bits per heavy atom. The van der Waals surface area contributed by atoms with E-state index in [9.17, 15) is 34.8 Å². The van der Waals surface area contributed by atoms with Crippen LogP contribution in [0.15, 0.2) is 18.2 Å². The molecule has 0 bridgehead atoms. The van der Waals surface area contributed by atoms with Crippen LogP contribution in [-0.4, -0.2) is 86.8 Å². The summed E-state index contributed by atoms with van der Waals surface area (Å²) in [5, 5.41) is 42.3. The Labute approximate surface area is 208 Å². The van der Waals surface area contributed by atoms with Crippen LogP contribution in [0, 0.1) is 0 Å². The molecule has 0 spiro atoms. The summed E-state index contributed by atoms with van der Waals surface area (Å²) in [4.78, 5) is 35.8. The number of hydrogen-bond donors (Lipinski definition) is 6. The highest BCUT2D eigenvalue weighted by atomic mass is 16.7. The molecule has 13 nitrogen and oxygen atoms in total. The molecule has 0 radical (unpaired) electrons. The number of amides is 1. The molecule has 36 heavy (non-hydrogen) atoms. The third-order valence-corrected chi connectivity index (χ3v) is 5.04. The van der Waals surface area contributed by atoms with Crippen molar-refractivity contribution in [1.29, 1.82) is 0 Å². The van der Waals surface area contributed by atoms with E-state index in [-0.39, 0.29) is 24.5 Å². The van der Waals surface area contributed by atoms with Crippen LogP contribution < -0.4 is 15.8 Å². The van der Waals surface area contributed by atoms with Crippen molar-refractivity contribution in [3.8, 4) is 5.75 Å². The van der Waals surface area contributed by atoms with Crippen LogP contribution in [0.3, 0.4) is 0 Å². The fourth-order valence-electron chi connectivity index (χ4n) is 3.18. The lowest BCUT2D eigenvalue weighted by molar-refractivity contribution is -0.271. The number of hydrogen-bond acceptors (Lipinski definition) is 11. The van der Waals surface area contributed by atoms with E-state index >= 15 is 0 Å². The van der Waals surface area contributed by atoms with Gasteiger partial charge in [0.1, 0.15) is 36.4 Å². The number of carbonyl (C=O) groups excluding carboxylic acids is 2. The summed E-state index contributed by atoms with van der Waals surface area (Å²) in [6, 6.07) is 4.20. The van der Waals surface area contributed by atoms with Gasteiger partial charge in [0.15, 0.2) is 6.10 Å². The van der Waals surface area contributed by atoms with Crippen molar-refractivity contribution in [2.24, 2.45) is 5.73 Å². The zero-order chi connectivity index (χ0) is 27.4. The predicted molar refractivity (Wildman–Crippen MR) is 123 cm³/mol. The van der Waals surface area contributed by atoms with E-state index in [4.69, 9.17) is 24.7 Å². The minimum absolute atomic E-state index is 0.0559. The van der Waals surface area contributed by atoms with E-state index in [1.165, 1.54) is 25.1 Å². The van der Waals surface area contributed by atoms with Gasteiger partial charge < -0.3 is 50.4 Å². The summed E-state index contributed by atoms with van der Waals surface area (Å²) < 4.78 is 21.3. The molecule has 1 amide bonds. The first-order valence-electron chi connectivity index (χ1n) is 11.1. The fraction of sp³-hybridized carbons (Fsp3) is 0.609. The molecule has 13 heteroatoms. The van der Waals surface area contributed by atoms with Crippen LogP contribution in [0.5, 0.6) is 5.75 Å². The Kier molecular flexibility index (Phi) is 9.40. The summed E-state index contributed by atoms with van der Waals surface area (Å²) in [5.41, 5.74) is 4.37. The molecular formula is C23H34N2O11. The number of carboxylic acids is 1. The monoisotopic (exact) mass is 514 g/mol. The van der Waals surface area contributed by atoms with Gasteiger partial charge in [0.25, 0.3) is 5.91 Å². The van der Waals surface area contributed by atoms with Gasteiger partial charge in [0.05, 0.1) is 17.7 Å². The van der Waals surface area contributed by atoms with E-state index in [0.717, 1.165) is 0 Å². The van der Waals surface area contributed by atoms with Crippen molar-refractivity contribution in [3.05, 3.63) is 29.3 Å². The molecule has 1 heterocycles. The number of ether oxygens (including phenoxy) is 4. The molecule has 0 aliphatic carbocycles. The van der Waals surface area contributed by atoms with E-state index < -0.39 is 59.8 Å². The zero-order valence-corrected chi connectivity index (χ0v) is 20.8. The molecule has 202 valence electrons. The lowest BCUT2D eigenvalue weighted by Gasteiger charge is -2.38. The van der Waals surface area contributed by atoms with E-state index in [2.05, 4.69) is 5.32 Å². The highest BCUT2D eigenvalue weighted by molar-refractivity contribution is 5.97. The molecular weight excluding hydrogens is 480 g/mol. The minimum Gasteiger partial charge on any atom is -0.479 e. The van der Waals surface area contributed by atoms with E-state index in [0.29, 0.717) is 5.56 Å². The van der Waals surface area contributed by atoms with Gasteiger partial charge in [-0.25, -0.2) is 4.79 Å². The number of nitrogens with two attached hydrogens (primary N) is 1. The Balaban J connectivity index is 2.35. The lowest BCUT2D eigenvalue weighted by atomic mass is 9.99. The maximum atomic E-state index is 13.2. The SMILES string of the molecule is CC(=O)OCc1ccc(O[C@@H]2O[C@H](C(=O)O)[C@@H](O)[C@H](O)[C@H]2O)c(C(=O)NC(C)(C)COC(C)(C)N)c1. The Bertz CT molecular complexity index is 960. The quantitative estimate of drug-likeness (QED) is 0.168. The van der Waals surface area contributed by atoms with Crippen LogP contribution in [-0.2, 0) is 30.4 Å². The average molecular weight is 515 g/mol. The summed E-state index contributed by atoms with van der Waals surface area (Å²) in [6.07, 6.45) is -9.24. The predicted octanol–water partition coefficient (Wildman–Crippen LogP) is -0.759. The maximum Gasteiger partial charge on any atom is 0.335 e. The normalized spacial score (nSPS) is 24.6. The minimum atomic E-state index is -1.90. The van der Waals surface area contributed by atoms with Gasteiger partial charge in [-0.3, -0.25) is 9.59 Å². The molecule has 2 rings (SSSR count). The highest BCUT2D eigenvalue weighted by Crippen LogP contribution is 2.28. The standard InChI is InChI=1S/C23H34N2O11/c1-11(26)33-9-12-6-7-14(35-21-17(29)15(27)16(28)18(36-21)20(31)32)13(8-12)19(30)25-22(2,3)10-34-23(4,5)24/h6-8,15-18,21,27-29H,9-10,24H2,1-5H3,(H,25,30)(H,31,32)/t15-,16-,17+,18-,21+/m0/s1. The Morgan fingerprint density at radius 2 is 1.72 bits per heavy atom. The molecule has 0 unspecified atom stereocenters. The van der Waals surface area contributed by atoms with Gasteiger partial charge in [0, 0.05) is 6.92 Å². The number of carboxylic acid groups (broad SMARTS) is 1. The topological polar surface area (TPSA) is 207 Å². The second kappa shape index (κ2) is 11.5. The fourth-order valence-corrected chi connectivity index (χ4v) is 3.18. The van der Waals surface area contributed by atoms with Crippen molar-refractivity contribution in [2.45, 2.75) is 83.2 Å². The summed E-state index contributed by atoms with van der Waals surface area (Å²) >= 11 is 0. The molecule has 1 aromatic rings. The number of carbonyl (C=O) groups is 3. The summed E-state index contributed by atoms with van der Waals surface area (Å²) in [6.45, 7) is 7.85. The number of rotatable bonds is 10. The molecule has 1 aliphatic heterocycles. The molecule has 0 aromatic heterocycles. The number of aliphatic hydroxyl groups excluding tert-OH is 3. The zero-order valence-electron chi connectivity index (χ0n) is 20.8. The number of nitrogens with one attached hydrogen (secondary N) is 1. The van der Waals surface area contributed by atoms with Crippen molar-refractivity contribution >= 4 is 17.8 Å². The molecule has 0 saturated carbocycles.